The molecule has 0 atom stereocenters. The number of hydrogen-bond acceptors (Lipinski definition) is 4. The fraction of sp³-hybridized carbons (Fsp3) is 0.357. The summed E-state index contributed by atoms with van der Waals surface area (Å²) in [5.41, 5.74) is 2.30. The molecule has 0 aliphatic heterocycles. The van der Waals surface area contributed by atoms with Crippen LogP contribution in [-0.2, 0) is 12.8 Å². The minimum atomic E-state index is -0.256. The second-order valence-electron chi connectivity index (χ2n) is 4.86. The molecule has 3 rings (SSSR count). The Hall–Kier alpha value is -1.46. The molecule has 1 N–H and O–H groups in total. The quantitative estimate of drug-likeness (QED) is 0.921. The van der Waals surface area contributed by atoms with Gasteiger partial charge >= 0.3 is 0 Å². The molecule has 0 spiro atoms. The summed E-state index contributed by atoms with van der Waals surface area (Å²) >= 11 is 7.63. The molecule has 1 aliphatic carbocycles. The molecule has 2 aromatic rings. The average Bonchev–Trinajstić information content (AvgIpc) is 2.80. The van der Waals surface area contributed by atoms with Crippen molar-refractivity contribution in [2.75, 3.05) is 5.32 Å². The number of rotatable bonds is 2. The molecule has 1 aliphatic rings. The Morgan fingerprint density at radius 3 is 2.95 bits per heavy atom. The third kappa shape index (κ3) is 2.69. The molecule has 0 bridgehead atoms. The van der Waals surface area contributed by atoms with Crippen LogP contribution in [0.4, 0.5) is 5.13 Å². The maximum absolute atomic E-state index is 12.2. The second kappa shape index (κ2) is 5.50. The van der Waals surface area contributed by atoms with E-state index in [-0.39, 0.29) is 5.91 Å². The fourth-order valence-electron chi connectivity index (χ4n) is 2.26. The Kier molecular flexibility index (Phi) is 3.72. The van der Waals surface area contributed by atoms with Crippen molar-refractivity contribution in [2.45, 2.75) is 32.6 Å². The van der Waals surface area contributed by atoms with E-state index in [1.54, 1.807) is 17.4 Å². The smallest absolute Gasteiger partial charge is 0.260 e. The van der Waals surface area contributed by atoms with Gasteiger partial charge in [0, 0.05) is 16.8 Å². The summed E-state index contributed by atoms with van der Waals surface area (Å²) in [7, 11) is 0. The van der Waals surface area contributed by atoms with Gasteiger partial charge in [-0.1, -0.05) is 11.6 Å². The number of anilines is 1. The van der Waals surface area contributed by atoms with Gasteiger partial charge in [0.1, 0.15) is 0 Å². The molecule has 0 fully saturated rings. The highest BCUT2D eigenvalue weighted by molar-refractivity contribution is 7.15. The number of nitrogens with zero attached hydrogens (tertiary/aromatic N) is 2. The standard InChI is InChI=1S/C14H14ClN3OS/c1-8-6-10(15)9(7-16-8)13(19)18-14-17-11-4-2-3-5-12(11)20-14/h6-7H,2-5H2,1H3,(H,17,18,19). The van der Waals surface area contributed by atoms with E-state index in [2.05, 4.69) is 15.3 Å². The van der Waals surface area contributed by atoms with Crippen LogP contribution >= 0.6 is 22.9 Å². The summed E-state index contributed by atoms with van der Waals surface area (Å²) < 4.78 is 0. The second-order valence-corrected chi connectivity index (χ2v) is 6.35. The molecule has 6 heteroatoms. The number of aryl methyl sites for hydroxylation is 3. The van der Waals surface area contributed by atoms with E-state index in [0.717, 1.165) is 24.2 Å². The largest absolute Gasteiger partial charge is 0.298 e. The third-order valence-corrected chi connectivity index (χ3v) is 4.69. The van der Waals surface area contributed by atoms with Crippen molar-refractivity contribution in [3.63, 3.8) is 0 Å². The van der Waals surface area contributed by atoms with Crippen molar-refractivity contribution in [2.24, 2.45) is 0 Å². The number of hydrogen-bond donors (Lipinski definition) is 1. The molecule has 1 amide bonds. The average molecular weight is 308 g/mol. The van der Waals surface area contributed by atoms with Crippen LogP contribution in [0, 0.1) is 6.92 Å². The Morgan fingerprint density at radius 1 is 1.40 bits per heavy atom. The van der Waals surface area contributed by atoms with Gasteiger partial charge in [0.05, 0.1) is 16.3 Å². The van der Waals surface area contributed by atoms with Gasteiger partial charge in [-0.05, 0) is 38.7 Å². The van der Waals surface area contributed by atoms with E-state index in [0.29, 0.717) is 15.7 Å². The highest BCUT2D eigenvalue weighted by Gasteiger charge is 2.18. The third-order valence-electron chi connectivity index (χ3n) is 3.30. The number of halogens is 1. The number of amides is 1. The van der Waals surface area contributed by atoms with E-state index in [9.17, 15) is 4.79 Å². The molecule has 0 unspecified atom stereocenters. The summed E-state index contributed by atoms with van der Waals surface area (Å²) in [6.07, 6.45) is 5.96. The fourth-order valence-corrected chi connectivity index (χ4v) is 3.60. The van der Waals surface area contributed by atoms with Gasteiger partial charge in [-0.15, -0.1) is 11.3 Å². The van der Waals surface area contributed by atoms with Crippen molar-refractivity contribution in [1.82, 2.24) is 9.97 Å². The van der Waals surface area contributed by atoms with Gasteiger partial charge in [-0.25, -0.2) is 4.98 Å². The number of fused-ring (bicyclic) bond motifs is 1. The highest BCUT2D eigenvalue weighted by atomic mass is 35.5. The SMILES string of the molecule is Cc1cc(Cl)c(C(=O)Nc2nc3c(s2)CCCC3)cn1. The molecular weight excluding hydrogens is 294 g/mol. The molecule has 0 radical (unpaired) electrons. The molecule has 20 heavy (non-hydrogen) atoms. The first-order valence-corrected chi connectivity index (χ1v) is 7.75. The van der Waals surface area contributed by atoms with E-state index >= 15 is 0 Å². The topological polar surface area (TPSA) is 54.9 Å². The van der Waals surface area contributed by atoms with Gasteiger partial charge in [-0.2, -0.15) is 0 Å². The number of nitrogens with one attached hydrogen (secondary N) is 1. The molecule has 4 nitrogen and oxygen atoms in total. The number of carbonyl (C=O) groups is 1. The maximum Gasteiger partial charge on any atom is 0.260 e. The van der Waals surface area contributed by atoms with Gasteiger partial charge in [0.15, 0.2) is 5.13 Å². The number of aromatic nitrogens is 2. The summed E-state index contributed by atoms with van der Waals surface area (Å²) in [4.78, 5) is 22.1. The molecular formula is C14H14ClN3OS. The molecule has 104 valence electrons. The lowest BCUT2D eigenvalue weighted by atomic mass is 10.0. The van der Waals surface area contributed by atoms with Gasteiger partial charge in [-0.3, -0.25) is 15.1 Å². The lowest BCUT2D eigenvalue weighted by Crippen LogP contribution is -2.13. The predicted molar refractivity (Wildman–Crippen MR) is 80.7 cm³/mol. The summed E-state index contributed by atoms with van der Waals surface area (Å²) in [6, 6.07) is 1.68. The van der Waals surface area contributed by atoms with Gasteiger partial charge in [0.2, 0.25) is 0 Å². The molecule has 2 heterocycles. The van der Waals surface area contributed by atoms with Crippen molar-refractivity contribution in [1.29, 1.82) is 0 Å². The van der Waals surface area contributed by atoms with Crippen molar-refractivity contribution in [3.05, 3.63) is 39.1 Å². The molecule has 0 saturated carbocycles. The van der Waals surface area contributed by atoms with Gasteiger partial charge in [0.25, 0.3) is 5.91 Å². The summed E-state index contributed by atoms with van der Waals surface area (Å²) in [6.45, 7) is 1.84. The van der Waals surface area contributed by atoms with Crippen molar-refractivity contribution >= 4 is 34.0 Å². The lowest BCUT2D eigenvalue weighted by molar-refractivity contribution is 0.102. The van der Waals surface area contributed by atoms with Crippen LogP contribution < -0.4 is 5.32 Å². The molecule has 0 aromatic carbocycles. The van der Waals surface area contributed by atoms with Crippen molar-refractivity contribution in [3.8, 4) is 0 Å². The van der Waals surface area contributed by atoms with Crippen molar-refractivity contribution < 1.29 is 4.79 Å². The van der Waals surface area contributed by atoms with Gasteiger partial charge < -0.3 is 0 Å². The Balaban J connectivity index is 1.80. The van der Waals surface area contributed by atoms with E-state index < -0.39 is 0 Å². The van der Waals surface area contributed by atoms with Crippen LogP contribution in [0.5, 0.6) is 0 Å². The highest BCUT2D eigenvalue weighted by Crippen LogP contribution is 2.30. The van der Waals surface area contributed by atoms with Crippen LogP contribution in [0.25, 0.3) is 0 Å². The zero-order chi connectivity index (χ0) is 14.1. The van der Waals surface area contributed by atoms with Crippen LogP contribution in [0.15, 0.2) is 12.3 Å². The van der Waals surface area contributed by atoms with E-state index in [4.69, 9.17) is 11.6 Å². The van der Waals surface area contributed by atoms with Crippen LogP contribution in [0.2, 0.25) is 5.02 Å². The monoisotopic (exact) mass is 307 g/mol. The first kappa shape index (κ1) is 13.5. The number of carbonyl (C=O) groups excluding carboxylic acids is 1. The van der Waals surface area contributed by atoms with Crippen LogP contribution in [0.1, 0.15) is 39.5 Å². The van der Waals surface area contributed by atoms with Crippen LogP contribution in [0.3, 0.4) is 0 Å². The van der Waals surface area contributed by atoms with E-state index in [1.807, 2.05) is 6.92 Å². The molecule has 0 saturated heterocycles. The Morgan fingerprint density at radius 2 is 2.20 bits per heavy atom. The first-order valence-electron chi connectivity index (χ1n) is 6.55. The molecule has 2 aromatic heterocycles. The van der Waals surface area contributed by atoms with Crippen LogP contribution in [-0.4, -0.2) is 15.9 Å². The van der Waals surface area contributed by atoms with E-state index in [1.165, 1.54) is 23.9 Å². The Labute approximate surface area is 126 Å². The lowest BCUT2D eigenvalue weighted by Gasteiger charge is -2.06. The summed E-state index contributed by atoms with van der Waals surface area (Å²) in [5.74, 6) is -0.256. The Bertz CT molecular complexity index is 645. The summed E-state index contributed by atoms with van der Waals surface area (Å²) in [5, 5.41) is 3.88. The maximum atomic E-state index is 12.2. The normalized spacial score (nSPS) is 13.9. The zero-order valence-electron chi connectivity index (χ0n) is 11.1. The zero-order valence-corrected chi connectivity index (χ0v) is 12.6. The minimum absolute atomic E-state index is 0.256. The number of thiazole rings is 1. The minimum Gasteiger partial charge on any atom is -0.298 e. The number of pyridine rings is 1. The first-order chi connectivity index (χ1) is 9.63. The predicted octanol–water partition coefficient (Wildman–Crippen LogP) is 3.63.